The van der Waals surface area contributed by atoms with E-state index in [1.54, 1.807) is 12.1 Å². The molecule has 1 aliphatic heterocycles. The molecule has 2 heterocycles. The Balaban J connectivity index is 1.71. The lowest BCUT2D eigenvalue weighted by atomic mass is 10.00. The zero-order chi connectivity index (χ0) is 11.0. The maximum atomic E-state index is 5.94. The number of nitrogens with zero attached hydrogens (tertiary/aromatic N) is 2. The molecule has 2 aliphatic rings. The zero-order valence-electron chi connectivity index (χ0n) is 8.86. The topological polar surface area (TPSA) is 44.2 Å². The molecule has 0 spiro atoms. The summed E-state index contributed by atoms with van der Waals surface area (Å²) in [5, 5.41) is 8.10. The van der Waals surface area contributed by atoms with Crippen LogP contribution in [0.3, 0.4) is 0 Å². The van der Waals surface area contributed by atoms with Crippen LogP contribution in [-0.4, -0.2) is 29.0 Å². The fourth-order valence-electron chi connectivity index (χ4n) is 2.23. The van der Waals surface area contributed by atoms with Gasteiger partial charge in [-0.25, -0.2) is 0 Å². The van der Waals surface area contributed by atoms with Gasteiger partial charge in [0.1, 0.15) is 5.60 Å². The number of hydrogen-bond acceptors (Lipinski definition) is 4. The first-order chi connectivity index (χ1) is 7.78. The Kier molecular flexibility index (Phi) is 2.48. The third-order valence-electron chi connectivity index (χ3n) is 3.33. The van der Waals surface area contributed by atoms with Crippen LogP contribution in [0.5, 0.6) is 5.88 Å². The number of ether oxygens (including phenoxy) is 2. The van der Waals surface area contributed by atoms with E-state index < -0.39 is 0 Å². The molecule has 1 aromatic rings. The molecular weight excluding hydrogens is 228 g/mol. The molecule has 1 saturated carbocycles. The monoisotopic (exact) mass is 240 g/mol. The van der Waals surface area contributed by atoms with Crippen LogP contribution in [0.15, 0.2) is 12.1 Å². The van der Waals surface area contributed by atoms with Gasteiger partial charge in [-0.3, -0.25) is 0 Å². The molecule has 0 amide bonds. The lowest BCUT2D eigenvalue weighted by molar-refractivity contribution is 0.0863. The number of halogens is 1. The average Bonchev–Trinajstić information content (AvgIpc) is 2.86. The predicted molar refractivity (Wildman–Crippen MR) is 58.6 cm³/mol. The Labute approximate surface area is 98.9 Å². The first kappa shape index (κ1) is 10.3. The Hall–Kier alpha value is -0.870. The van der Waals surface area contributed by atoms with Crippen LogP contribution in [0.25, 0.3) is 0 Å². The van der Waals surface area contributed by atoms with Gasteiger partial charge in [-0.05, 0) is 25.3 Å². The van der Waals surface area contributed by atoms with E-state index in [0.717, 1.165) is 32.5 Å². The molecule has 4 nitrogen and oxygen atoms in total. The van der Waals surface area contributed by atoms with E-state index in [1.807, 2.05) is 0 Å². The fraction of sp³-hybridized carbons (Fsp3) is 0.636. The molecule has 0 bridgehead atoms. The molecule has 2 fully saturated rings. The summed E-state index contributed by atoms with van der Waals surface area (Å²) < 4.78 is 11.3. The van der Waals surface area contributed by atoms with Gasteiger partial charge in [-0.2, -0.15) is 0 Å². The number of aromatic nitrogens is 2. The van der Waals surface area contributed by atoms with Crippen molar-refractivity contribution in [3.8, 4) is 5.88 Å². The normalized spacial score (nSPS) is 26.7. The van der Waals surface area contributed by atoms with Crippen molar-refractivity contribution in [3.63, 3.8) is 0 Å². The van der Waals surface area contributed by atoms with E-state index in [4.69, 9.17) is 21.1 Å². The molecule has 16 heavy (non-hydrogen) atoms. The fourth-order valence-corrected chi connectivity index (χ4v) is 2.33. The highest BCUT2D eigenvalue weighted by Gasteiger charge is 2.53. The summed E-state index contributed by atoms with van der Waals surface area (Å²) in [6.45, 7) is 1.66. The first-order valence-electron chi connectivity index (χ1n) is 5.54. The van der Waals surface area contributed by atoms with Crippen LogP contribution in [-0.2, 0) is 4.74 Å². The molecular formula is C11H13ClN2O2. The molecule has 1 aromatic heterocycles. The maximum absolute atomic E-state index is 5.94. The van der Waals surface area contributed by atoms with Crippen molar-refractivity contribution in [2.45, 2.75) is 24.9 Å². The van der Waals surface area contributed by atoms with Crippen molar-refractivity contribution in [1.29, 1.82) is 0 Å². The van der Waals surface area contributed by atoms with Crippen LogP contribution in [0, 0.1) is 5.92 Å². The van der Waals surface area contributed by atoms with Crippen molar-refractivity contribution in [1.82, 2.24) is 10.2 Å². The SMILES string of the molecule is Clc1ccc(OC2([C@@H]3CCOC3)CC2)nn1. The molecule has 0 unspecified atom stereocenters. The second-order valence-electron chi connectivity index (χ2n) is 4.42. The quantitative estimate of drug-likeness (QED) is 0.812. The summed E-state index contributed by atoms with van der Waals surface area (Å²) in [7, 11) is 0. The van der Waals surface area contributed by atoms with Crippen LogP contribution >= 0.6 is 11.6 Å². The minimum atomic E-state index is -0.0426. The molecule has 5 heteroatoms. The Morgan fingerprint density at radius 3 is 2.81 bits per heavy atom. The van der Waals surface area contributed by atoms with E-state index in [0.29, 0.717) is 17.0 Å². The van der Waals surface area contributed by atoms with Gasteiger partial charge >= 0.3 is 0 Å². The standard InChI is InChI=1S/C11H13ClN2O2/c12-9-1-2-10(14-13-9)16-11(4-5-11)8-3-6-15-7-8/h1-2,8H,3-7H2/t8-/m1/s1. The molecule has 86 valence electrons. The third-order valence-corrected chi connectivity index (χ3v) is 3.53. The highest BCUT2D eigenvalue weighted by Crippen LogP contribution is 2.48. The van der Waals surface area contributed by atoms with E-state index in [2.05, 4.69) is 10.2 Å². The van der Waals surface area contributed by atoms with Crippen LogP contribution in [0.1, 0.15) is 19.3 Å². The van der Waals surface area contributed by atoms with Crippen molar-refractivity contribution in [2.24, 2.45) is 5.92 Å². The van der Waals surface area contributed by atoms with E-state index in [-0.39, 0.29) is 5.60 Å². The minimum absolute atomic E-state index is 0.0426. The smallest absolute Gasteiger partial charge is 0.234 e. The number of hydrogen-bond donors (Lipinski definition) is 0. The molecule has 0 N–H and O–H groups in total. The Bertz CT molecular complexity index is 372. The highest BCUT2D eigenvalue weighted by molar-refractivity contribution is 6.29. The van der Waals surface area contributed by atoms with Gasteiger partial charge in [0.25, 0.3) is 0 Å². The van der Waals surface area contributed by atoms with Gasteiger partial charge in [0, 0.05) is 18.6 Å². The summed E-state index contributed by atoms with van der Waals surface area (Å²) in [6.07, 6.45) is 3.26. The van der Waals surface area contributed by atoms with E-state index >= 15 is 0 Å². The van der Waals surface area contributed by atoms with E-state index in [9.17, 15) is 0 Å². The molecule has 0 radical (unpaired) electrons. The van der Waals surface area contributed by atoms with Gasteiger partial charge in [-0.1, -0.05) is 11.6 Å². The minimum Gasteiger partial charge on any atom is -0.470 e. The Morgan fingerprint density at radius 2 is 2.25 bits per heavy atom. The van der Waals surface area contributed by atoms with Gasteiger partial charge in [-0.15, -0.1) is 10.2 Å². The maximum Gasteiger partial charge on any atom is 0.234 e. The summed E-state index contributed by atoms with van der Waals surface area (Å²) >= 11 is 5.68. The average molecular weight is 241 g/mol. The third kappa shape index (κ3) is 1.87. The molecule has 1 saturated heterocycles. The van der Waals surface area contributed by atoms with Crippen LogP contribution in [0.2, 0.25) is 5.15 Å². The Morgan fingerprint density at radius 1 is 1.38 bits per heavy atom. The van der Waals surface area contributed by atoms with Crippen LogP contribution < -0.4 is 4.74 Å². The molecule has 1 aliphatic carbocycles. The van der Waals surface area contributed by atoms with Crippen LogP contribution in [0.4, 0.5) is 0 Å². The van der Waals surface area contributed by atoms with Crippen molar-refractivity contribution < 1.29 is 9.47 Å². The predicted octanol–water partition coefficient (Wildman–Crippen LogP) is 2.08. The van der Waals surface area contributed by atoms with Crippen molar-refractivity contribution in [3.05, 3.63) is 17.3 Å². The van der Waals surface area contributed by atoms with Gasteiger partial charge in [0.2, 0.25) is 5.88 Å². The van der Waals surface area contributed by atoms with Gasteiger partial charge in [0.05, 0.1) is 6.61 Å². The molecule has 1 atom stereocenters. The summed E-state index contributed by atoms with van der Waals surface area (Å²) in [5.41, 5.74) is -0.0426. The van der Waals surface area contributed by atoms with Crippen molar-refractivity contribution in [2.75, 3.05) is 13.2 Å². The lowest BCUT2D eigenvalue weighted by Crippen LogP contribution is -2.29. The molecule has 0 aromatic carbocycles. The van der Waals surface area contributed by atoms with Crippen molar-refractivity contribution >= 4 is 11.6 Å². The largest absolute Gasteiger partial charge is 0.470 e. The summed E-state index contributed by atoms with van der Waals surface area (Å²) in [5.74, 6) is 1.07. The second kappa shape index (κ2) is 3.86. The lowest BCUT2D eigenvalue weighted by Gasteiger charge is -2.22. The zero-order valence-corrected chi connectivity index (χ0v) is 9.61. The summed E-state index contributed by atoms with van der Waals surface area (Å²) in [4.78, 5) is 0. The summed E-state index contributed by atoms with van der Waals surface area (Å²) in [6, 6.07) is 3.47. The van der Waals surface area contributed by atoms with E-state index in [1.165, 1.54) is 0 Å². The highest BCUT2D eigenvalue weighted by atomic mass is 35.5. The van der Waals surface area contributed by atoms with Gasteiger partial charge in [0.15, 0.2) is 5.15 Å². The second-order valence-corrected chi connectivity index (χ2v) is 4.81. The number of rotatable bonds is 3. The molecule has 3 rings (SSSR count). The first-order valence-corrected chi connectivity index (χ1v) is 5.92. The van der Waals surface area contributed by atoms with Gasteiger partial charge < -0.3 is 9.47 Å².